The van der Waals surface area contributed by atoms with Crippen molar-refractivity contribution in [1.29, 1.82) is 0 Å². The number of benzene rings is 2. The van der Waals surface area contributed by atoms with Gasteiger partial charge in [0.15, 0.2) is 0 Å². The topological polar surface area (TPSA) is 58.2 Å². The average molecular weight is 394 g/mol. The second-order valence-electron chi connectivity index (χ2n) is 4.51. The highest BCUT2D eigenvalue weighted by atomic mass is 127. The van der Waals surface area contributed by atoms with Gasteiger partial charge >= 0.3 is 0 Å². The number of amides is 2. The first kappa shape index (κ1) is 15.5. The molecule has 0 aliphatic heterocycles. The van der Waals surface area contributed by atoms with E-state index in [4.69, 9.17) is 0 Å². The molecular formula is C16H15IN2O2. The molecule has 0 unspecified atom stereocenters. The third-order valence-electron chi connectivity index (χ3n) is 2.96. The number of carbonyl (C=O) groups excluding carboxylic acids is 2. The van der Waals surface area contributed by atoms with Gasteiger partial charge < -0.3 is 10.6 Å². The Morgan fingerprint density at radius 1 is 1.00 bits per heavy atom. The van der Waals surface area contributed by atoms with E-state index in [9.17, 15) is 9.59 Å². The highest BCUT2D eigenvalue weighted by Crippen LogP contribution is 2.13. The number of likely N-dealkylation sites (N-methyl/N-ethyl adjacent to an activating group) is 1. The minimum atomic E-state index is -0.148. The van der Waals surface area contributed by atoms with Crippen molar-refractivity contribution in [2.45, 2.75) is 6.42 Å². The largest absolute Gasteiger partial charge is 0.359 e. The van der Waals surface area contributed by atoms with Crippen LogP contribution in [0, 0.1) is 3.57 Å². The number of hydrogen-bond donors (Lipinski definition) is 2. The maximum Gasteiger partial charge on any atom is 0.255 e. The third-order valence-corrected chi connectivity index (χ3v) is 3.68. The summed E-state index contributed by atoms with van der Waals surface area (Å²) >= 11 is 2.20. The van der Waals surface area contributed by atoms with Gasteiger partial charge in [0, 0.05) is 21.9 Å². The Kier molecular flexibility index (Phi) is 5.32. The van der Waals surface area contributed by atoms with Crippen molar-refractivity contribution in [3.63, 3.8) is 0 Å². The van der Waals surface area contributed by atoms with Crippen molar-refractivity contribution in [3.05, 3.63) is 63.2 Å². The van der Waals surface area contributed by atoms with Crippen LogP contribution in [0.3, 0.4) is 0 Å². The molecule has 0 atom stereocenters. The monoisotopic (exact) mass is 394 g/mol. The summed E-state index contributed by atoms with van der Waals surface area (Å²) in [7, 11) is 1.61. The molecule has 21 heavy (non-hydrogen) atoms. The van der Waals surface area contributed by atoms with Crippen molar-refractivity contribution in [2.75, 3.05) is 12.4 Å². The molecule has 0 saturated heterocycles. The zero-order valence-electron chi connectivity index (χ0n) is 11.5. The molecule has 0 bridgehead atoms. The lowest BCUT2D eigenvalue weighted by atomic mass is 10.1. The van der Waals surface area contributed by atoms with E-state index in [2.05, 4.69) is 33.2 Å². The lowest BCUT2D eigenvalue weighted by Crippen LogP contribution is -2.19. The van der Waals surface area contributed by atoms with Gasteiger partial charge in [0.25, 0.3) is 5.91 Å². The van der Waals surface area contributed by atoms with Gasteiger partial charge in [-0.25, -0.2) is 0 Å². The summed E-state index contributed by atoms with van der Waals surface area (Å²) in [6.07, 6.45) is 0.335. The predicted molar refractivity (Wildman–Crippen MR) is 91.3 cm³/mol. The van der Waals surface area contributed by atoms with Crippen molar-refractivity contribution in [1.82, 2.24) is 5.32 Å². The van der Waals surface area contributed by atoms with E-state index in [1.807, 2.05) is 24.3 Å². The van der Waals surface area contributed by atoms with Gasteiger partial charge in [-0.3, -0.25) is 9.59 Å². The number of carbonyl (C=O) groups is 2. The summed E-state index contributed by atoms with van der Waals surface area (Å²) < 4.78 is 1.09. The Bertz CT molecular complexity index is 636. The van der Waals surface area contributed by atoms with Crippen molar-refractivity contribution >= 4 is 40.1 Å². The molecule has 0 saturated carbocycles. The van der Waals surface area contributed by atoms with Gasteiger partial charge in [0.2, 0.25) is 5.91 Å². The van der Waals surface area contributed by atoms with Crippen LogP contribution in [0.5, 0.6) is 0 Å². The minimum Gasteiger partial charge on any atom is -0.359 e. The number of anilines is 1. The lowest BCUT2D eigenvalue weighted by Gasteiger charge is -2.07. The zero-order valence-corrected chi connectivity index (χ0v) is 13.7. The molecule has 5 heteroatoms. The SMILES string of the molecule is CNC(=O)Cc1ccc(NC(=O)c2ccc(I)cc2)cc1. The van der Waals surface area contributed by atoms with E-state index in [0.717, 1.165) is 9.13 Å². The van der Waals surface area contributed by atoms with E-state index in [1.165, 1.54) is 0 Å². The van der Waals surface area contributed by atoms with Crippen molar-refractivity contribution in [3.8, 4) is 0 Å². The molecule has 2 amide bonds. The quantitative estimate of drug-likeness (QED) is 0.784. The summed E-state index contributed by atoms with van der Waals surface area (Å²) in [4.78, 5) is 23.3. The van der Waals surface area contributed by atoms with E-state index in [-0.39, 0.29) is 11.8 Å². The molecule has 0 spiro atoms. The maximum atomic E-state index is 12.1. The number of hydrogen-bond acceptors (Lipinski definition) is 2. The van der Waals surface area contributed by atoms with E-state index in [1.54, 1.807) is 31.3 Å². The van der Waals surface area contributed by atoms with Crippen LogP contribution in [0.1, 0.15) is 15.9 Å². The van der Waals surface area contributed by atoms with Crippen LogP contribution in [0.2, 0.25) is 0 Å². The Balaban J connectivity index is 2.01. The molecule has 0 heterocycles. The number of rotatable bonds is 4. The molecule has 4 nitrogen and oxygen atoms in total. The number of halogens is 1. The second-order valence-corrected chi connectivity index (χ2v) is 5.75. The van der Waals surface area contributed by atoms with Crippen molar-refractivity contribution in [2.24, 2.45) is 0 Å². The Morgan fingerprint density at radius 2 is 1.62 bits per heavy atom. The summed E-state index contributed by atoms with van der Waals surface area (Å²) in [5.41, 5.74) is 2.23. The van der Waals surface area contributed by atoms with Crippen molar-refractivity contribution < 1.29 is 9.59 Å². The van der Waals surface area contributed by atoms with E-state index < -0.39 is 0 Å². The zero-order chi connectivity index (χ0) is 15.2. The van der Waals surface area contributed by atoms with Crippen LogP contribution >= 0.6 is 22.6 Å². The van der Waals surface area contributed by atoms with Gasteiger partial charge in [-0.2, -0.15) is 0 Å². The fraction of sp³-hybridized carbons (Fsp3) is 0.125. The first-order valence-electron chi connectivity index (χ1n) is 6.45. The molecule has 0 aromatic heterocycles. The predicted octanol–water partition coefficient (Wildman–Crippen LogP) is 2.83. The molecule has 0 aliphatic rings. The second kappa shape index (κ2) is 7.21. The molecule has 2 aromatic rings. The first-order valence-corrected chi connectivity index (χ1v) is 7.53. The molecule has 0 fully saturated rings. The van der Waals surface area contributed by atoms with Gasteiger partial charge in [-0.15, -0.1) is 0 Å². The Labute approximate surface area is 137 Å². The minimum absolute atomic E-state index is 0.0364. The van der Waals surface area contributed by atoms with Crippen LogP contribution in [-0.2, 0) is 11.2 Å². The van der Waals surface area contributed by atoms with Crippen LogP contribution in [0.15, 0.2) is 48.5 Å². The molecular weight excluding hydrogens is 379 g/mol. The molecule has 2 aromatic carbocycles. The van der Waals surface area contributed by atoms with E-state index >= 15 is 0 Å². The summed E-state index contributed by atoms with van der Waals surface area (Å²) in [5, 5.41) is 5.41. The Hall–Kier alpha value is -1.89. The third kappa shape index (κ3) is 4.56. The number of nitrogens with one attached hydrogen (secondary N) is 2. The van der Waals surface area contributed by atoms with Crippen LogP contribution in [0.25, 0.3) is 0 Å². The highest BCUT2D eigenvalue weighted by molar-refractivity contribution is 14.1. The highest BCUT2D eigenvalue weighted by Gasteiger charge is 2.06. The summed E-state index contributed by atoms with van der Waals surface area (Å²) in [5.74, 6) is -0.184. The average Bonchev–Trinajstić information content (AvgIpc) is 2.49. The Morgan fingerprint density at radius 3 is 2.19 bits per heavy atom. The maximum absolute atomic E-state index is 12.1. The smallest absolute Gasteiger partial charge is 0.255 e. The fourth-order valence-electron chi connectivity index (χ4n) is 1.78. The summed E-state index contributed by atoms with van der Waals surface area (Å²) in [6, 6.07) is 14.6. The van der Waals surface area contributed by atoms with Crippen LogP contribution in [0.4, 0.5) is 5.69 Å². The standard InChI is InChI=1S/C16H15IN2O2/c1-18-15(20)10-11-2-8-14(9-3-11)19-16(21)12-4-6-13(17)7-5-12/h2-9H,10H2,1H3,(H,18,20)(H,19,21). The first-order chi connectivity index (χ1) is 10.1. The van der Waals surface area contributed by atoms with Gasteiger partial charge in [-0.05, 0) is 64.6 Å². The van der Waals surface area contributed by atoms with E-state index in [0.29, 0.717) is 17.7 Å². The fourth-order valence-corrected chi connectivity index (χ4v) is 2.14. The lowest BCUT2D eigenvalue weighted by molar-refractivity contribution is -0.119. The normalized spacial score (nSPS) is 10.0. The summed E-state index contributed by atoms with van der Waals surface area (Å²) in [6.45, 7) is 0. The van der Waals surface area contributed by atoms with Gasteiger partial charge in [0.1, 0.15) is 0 Å². The van der Waals surface area contributed by atoms with Gasteiger partial charge in [0.05, 0.1) is 6.42 Å². The molecule has 2 N–H and O–H groups in total. The molecule has 2 rings (SSSR count). The van der Waals surface area contributed by atoms with Crippen LogP contribution in [-0.4, -0.2) is 18.9 Å². The molecule has 0 radical (unpaired) electrons. The molecule has 0 aliphatic carbocycles. The molecule has 108 valence electrons. The van der Waals surface area contributed by atoms with Gasteiger partial charge in [-0.1, -0.05) is 12.1 Å². The van der Waals surface area contributed by atoms with Crippen LogP contribution < -0.4 is 10.6 Å².